The summed E-state index contributed by atoms with van der Waals surface area (Å²) in [5.74, 6) is 2.30. The van der Waals surface area contributed by atoms with Crippen LogP contribution < -0.4 is 37.2 Å². The topological polar surface area (TPSA) is 323 Å². The van der Waals surface area contributed by atoms with Crippen LogP contribution in [-0.2, 0) is 94.4 Å². The number of unbranched alkanes of at least 4 members (excludes halogenated alkanes) is 12. The van der Waals surface area contributed by atoms with Gasteiger partial charge >= 0.3 is 0 Å². The molecule has 125 heavy (non-hydrogen) atoms. The van der Waals surface area contributed by atoms with E-state index in [1.54, 1.807) is 0 Å². The molecule has 0 saturated heterocycles. The summed E-state index contributed by atoms with van der Waals surface area (Å²) in [5.41, 5.74) is 6.45. The highest BCUT2D eigenvalue weighted by molar-refractivity contribution is 6.00. The van der Waals surface area contributed by atoms with E-state index in [0.717, 1.165) is 153 Å². The lowest BCUT2D eigenvalue weighted by atomic mass is 9.79. The maximum Gasteiger partial charge on any atom is 0.251 e. The van der Waals surface area contributed by atoms with Crippen molar-refractivity contribution in [1.29, 1.82) is 0 Å². The first kappa shape index (κ1) is 105. The maximum atomic E-state index is 12.1. The van der Waals surface area contributed by atoms with Crippen molar-refractivity contribution in [3.63, 3.8) is 0 Å². The Labute approximate surface area is 747 Å². The van der Waals surface area contributed by atoms with Crippen molar-refractivity contribution in [1.82, 2.24) is 37.2 Å². The van der Waals surface area contributed by atoms with Crippen LogP contribution in [0.15, 0.2) is 109 Å². The van der Waals surface area contributed by atoms with E-state index in [0.29, 0.717) is 69.8 Å². The Balaban J connectivity index is 0.000000225. The van der Waals surface area contributed by atoms with Gasteiger partial charge in [-0.2, -0.15) is 0 Å². The van der Waals surface area contributed by atoms with Gasteiger partial charge in [0.15, 0.2) is 40.5 Å². The molecule has 0 bridgehead atoms. The van der Waals surface area contributed by atoms with Gasteiger partial charge in [-0.3, -0.25) is 67.1 Å². The first-order valence-corrected chi connectivity index (χ1v) is 48.3. The average Bonchev–Trinajstić information content (AvgIpc) is 0.849. The van der Waals surface area contributed by atoms with Crippen molar-refractivity contribution < 1.29 is 67.1 Å². The third-order valence-electron chi connectivity index (χ3n) is 25.5. The molecular formula is C104H153N7O14. The molecule has 0 radical (unpaired) electrons. The first-order chi connectivity index (χ1) is 60.2. The molecule has 12 rings (SSSR count). The third-order valence-corrected chi connectivity index (χ3v) is 25.5. The predicted molar refractivity (Wildman–Crippen MR) is 494 cm³/mol. The summed E-state index contributed by atoms with van der Waals surface area (Å²) in [6.45, 7) is 16.9. The number of carbonyl (C=O) groups excluding carboxylic acids is 14. The van der Waals surface area contributed by atoms with Crippen LogP contribution in [0.2, 0.25) is 0 Å². The van der Waals surface area contributed by atoms with E-state index in [-0.39, 0.29) is 141 Å². The summed E-state index contributed by atoms with van der Waals surface area (Å²) in [6, 6.07) is 34.9. The molecule has 0 spiro atoms. The minimum Gasteiger partial charge on any atom is -0.346 e. The standard InChI is InChI=1S/C16H21NO2.C15H19NO2.C15H25NO2.C15H19NO2.C15H27NO2.C14H17NO2.C14H25NO2/c18-15-12-11-14(15)17-16(19)10-6-2-5-9-13-7-3-1-4-8-13;1-2-3-11-4-6-12(7-5-11)10-15(18)16-13-8-9-14(13)17;2*1-2-3-4-11-5-7-12(8-6-11)15(18)16-13-9-10-14(13)17;1-4-5-6-7-8-11-15(2,3)14(18)16-12-9-10-13(12)17;16-13-10-9-12(13)15-14(17)8-4-7-11-5-2-1-3-6-11;1-3-4-5-6-7-8-11(2)14(17)15-12-9-10-13(12)16/h1,3-4,7-8,14H,2,5-6,9-12H2,(H,17,19);4-7,13H,2-3,8-10H2,1H3,(H,16,18);11-13H,2-10H2,1H3,(H,16,18);5-8,13H,2-4,9-10H2,1H3,(H,16,18);12H,4-11H2,1-3H3,(H,16,18);1-3,5-6,12H,4,7-10H2,(H,15,17);11-12H,3-10H2,1-2H3,(H,15,17)/t14-;13-;11?,12?,13-;13-;2*12-;11?,12-/m0000000/s1. The SMILES string of the molecule is CCCCC1CCC(C(=O)N[C@H]2CCC2=O)CC1.CCCCCCCC(C)(C)C(=O)N[C@H]1CCC1=O.CCCCCCCC(C)C(=O)N[C@H]1CCC1=O.CCCCc1ccc(C(=O)N[C@H]2CCC2=O)cc1.CCCc1ccc(CC(=O)N[C@H]2CCC2=O)cc1.O=C(CCCCCc1ccccc1)N[C@H]1CCC1=O.O=C(CCCc1ccccc1)N[C@H]1CCC1=O. The van der Waals surface area contributed by atoms with Crippen LogP contribution in [0.5, 0.6) is 0 Å². The zero-order chi connectivity index (χ0) is 90.7. The van der Waals surface area contributed by atoms with Crippen LogP contribution in [0.25, 0.3) is 0 Å². The van der Waals surface area contributed by atoms with E-state index in [1.807, 2.05) is 81.4 Å². The van der Waals surface area contributed by atoms with Gasteiger partial charge in [-0.1, -0.05) is 255 Å². The summed E-state index contributed by atoms with van der Waals surface area (Å²) in [7, 11) is 0. The summed E-state index contributed by atoms with van der Waals surface area (Å²) in [5, 5.41) is 19.7. The molecule has 7 N–H and O–H groups in total. The highest BCUT2D eigenvalue weighted by atomic mass is 16.2. The molecular weight excluding hydrogens is 1570 g/mol. The lowest BCUT2D eigenvalue weighted by molar-refractivity contribution is -0.136. The van der Waals surface area contributed by atoms with Gasteiger partial charge in [-0.15, -0.1) is 0 Å². The second-order valence-corrected chi connectivity index (χ2v) is 36.5. The van der Waals surface area contributed by atoms with Gasteiger partial charge < -0.3 is 37.2 Å². The smallest absolute Gasteiger partial charge is 0.251 e. The van der Waals surface area contributed by atoms with Crippen molar-refractivity contribution in [3.8, 4) is 0 Å². The van der Waals surface area contributed by atoms with Crippen molar-refractivity contribution in [2.24, 2.45) is 23.2 Å². The highest BCUT2D eigenvalue weighted by Crippen LogP contribution is 2.33. The average molecular weight is 1730 g/mol. The number of amides is 7. The molecule has 7 amide bonds. The van der Waals surface area contributed by atoms with Gasteiger partial charge in [0.05, 0.1) is 48.7 Å². The zero-order valence-electron chi connectivity index (χ0n) is 77.1. The molecule has 1 unspecified atom stereocenters. The number of Topliss-reactive ketones (excluding diaryl/α,β-unsaturated/α-hetero) is 7. The Morgan fingerprint density at radius 1 is 0.336 bits per heavy atom. The van der Waals surface area contributed by atoms with E-state index in [9.17, 15) is 67.1 Å². The molecule has 21 heteroatoms. The molecule has 4 aromatic carbocycles. The minimum absolute atomic E-state index is 0.000943. The molecule has 8 fully saturated rings. The van der Waals surface area contributed by atoms with E-state index in [4.69, 9.17) is 0 Å². The van der Waals surface area contributed by atoms with Crippen LogP contribution in [-0.4, -0.2) is 124 Å². The van der Waals surface area contributed by atoms with Crippen LogP contribution in [0.3, 0.4) is 0 Å². The molecule has 0 aromatic heterocycles. The number of rotatable bonds is 43. The van der Waals surface area contributed by atoms with Gasteiger partial charge in [0.1, 0.15) is 0 Å². The quantitative estimate of drug-likeness (QED) is 0.0203. The van der Waals surface area contributed by atoms with Gasteiger partial charge in [0.25, 0.3) is 5.91 Å². The number of nitrogens with one attached hydrogen (secondary N) is 7. The fourth-order valence-corrected chi connectivity index (χ4v) is 15.6. The Morgan fingerprint density at radius 3 is 1.17 bits per heavy atom. The Hall–Kier alpha value is -9.14. The number of benzene rings is 4. The highest BCUT2D eigenvalue weighted by Gasteiger charge is 2.38. The Kier molecular flexibility index (Phi) is 49.4. The minimum atomic E-state index is -0.345. The normalized spacial score (nSPS) is 20.7. The Bertz CT molecular complexity index is 3990. The van der Waals surface area contributed by atoms with E-state index < -0.39 is 0 Å². The van der Waals surface area contributed by atoms with E-state index >= 15 is 0 Å². The fourth-order valence-electron chi connectivity index (χ4n) is 15.6. The van der Waals surface area contributed by atoms with Gasteiger partial charge in [0, 0.05) is 80.6 Å². The molecule has 8 atom stereocenters. The third kappa shape index (κ3) is 40.6. The number of ketones is 7. The van der Waals surface area contributed by atoms with Gasteiger partial charge in [-0.05, 0) is 181 Å². The summed E-state index contributed by atoms with van der Waals surface area (Å²) >= 11 is 0. The van der Waals surface area contributed by atoms with Crippen LogP contribution in [0, 0.1) is 23.2 Å². The van der Waals surface area contributed by atoms with Crippen molar-refractivity contribution >= 4 is 81.8 Å². The number of hydrogen-bond acceptors (Lipinski definition) is 14. The molecule has 8 aliphatic carbocycles. The molecule has 8 saturated carbocycles. The second kappa shape index (κ2) is 59.0. The monoisotopic (exact) mass is 1720 g/mol. The van der Waals surface area contributed by atoms with Crippen LogP contribution in [0.1, 0.15) is 363 Å². The van der Waals surface area contributed by atoms with Crippen LogP contribution in [0.4, 0.5) is 0 Å². The predicted octanol–water partition coefficient (Wildman–Crippen LogP) is 17.9. The van der Waals surface area contributed by atoms with Crippen molar-refractivity contribution in [2.75, 3.05) is 0 Å². The summed E-state index contributed by atoms with van der Waals surface area (Å²) < 4.78 is 0. The maximum absolute atomic E-state index is 12.1. The van der Waals surface area contributed by atoms with E-state index in [1.165, 1.54) is 119 Å². The molecule has 21 nitrogen and oxygen atoms in total. The van der Waals surface area contributed by atoms with Crippen molar-refractivity contribution in [3.05, 3.63) is 143 Å². The number of hydrogen-bond donors (Lipinski definition) is 7. The summed E-state index contributed by atoms with van der Waals surface area (Å²) in [6.07, 6.45) is 45.3. The number of aryl methyl sites for hydroxylation is 4. The fraction of sp³-hybridized carbons (Fsp3) is 0.635. The molecule has 0 aliphatic heterocycles. The van der Waals surface area contributed by atoms with Gasteiger partial charge in [-0.25, -0.2) is 0 Å². The van der Waals surface area contributed by atoms with Gasteiger partial charge in [0.2, 0.25) is 35.4 Å². The lowest BCUT2D eigenvalue weighted by Gasteiger charge is -2.31. The second-order valence-electron chi connectivity index (χ2n) is 36.5. The summed E-state index contributed by atoms with van der Waals surface area (Å²) in [4.78, 5) is 160. The van der Waals surface area contributed by atoms with E-state index in [2.05, 4.69) is 120 Å². The largest absolute Gasteiger partial charge is 0.346 e. The zero-order valence-corrected chi connectivity index (χ0v) is 77.1. The Morgan fingerprint density at radius 2 is 0.712 bits per heavy atom. The lowest BCUT2D eigenvalue weighted by Crippen LogP contribution is -2.51. The molecule has 8 aliphatic rings. The molecule has 688 valence electrons. The molecule has 0 heterocycles. The molecule has 4 aromatic rings. The van der Waals surface area contributed by atoms with Crippen LogP contribution >= 0.6 is 0 Å². The first-order valence-electron chi connectivity index (χ1n) is 48.3. The number of carbonyl (C=O) groups is 14. The van der Waals surface area contributed by atoms with Crippen molar-refractivity contribution in [2.45, 2.75) is 399 Å².